The van der Waals surface area contributed by atoms with Gasteiger partial charge in [-0.2, -0.15) is 13.2 Å². The molecule has 6 heteroatoms. The third-order valence-electron chi connectivity index (χ3n) is 3.61. The van der Waals surface area contributed by atoms with Crippen LogP contribution in [0.15, 0.2) is 18.3 Å². The second kappa shape index (κ2) is 5.77. The van der Waals surface area contributed by atoms with Gasteiger partial charge in [0.15, 0.2) is 0 Å². The zero-order valence-electron chi connectivity index (χ0n) is 10.6. The van der Waals surface area contributed by atoms with Gasteiger partial charge in [-0.3, -0.25) is 4.98 Å². The molecular formula is C13H18F3N3. The van der Waals surface area contributed by atoms with Crippen molar-refractivity contribution in [1.82, 2.24) is 4.98 Å². The topological polar surface area (TPSA) is 50.9 Å². The quantitative estimate of drug-likeness (QED) is 0.890. The molecule has 1 aromatic rings. The van der Waals surface area contributed by atoms with Gasteiger partial charge in [0.2, 0.25) is 0 Å². The number of nitrogens with zero attached hydrogens (tertiary/aromatic N) is 1. The molecule has 1 aromatic heterocycles. The number of aromatic nitrogens is 1. The monoisotopic (exact) mass is 273 g/mol. The molecule has 0 aromatic carbocycles. The molecule has 1 aliphatic carbocycles. The Kier molecular flexibility index (Phi) is 4.29. The van der Waals surface area contributed by atoms with Crippen LogP contribution < -0.4 is 11.1 Å². The van der Waals surface area contributed by atoms with Gasteiger partial charge in [0.05, 0.1) is 0 Å². The standard InChI is InChI=1S/C13H18F3N3/c14-13(15,16)12-7-10(5-6-18-12)19-11-4-2-1-3-9(11)8-17/h5-7,9,11H,1-4,8,17H2,(H,18,19). The van der Waals surface area contributed by atoms with Gasteiger partial charge >= 0.3 is 6.18 Å². The fraction of sp³-hybridized carbons (Fsp3) is 0.615. The lowest BCUT2D eigenvalue weighted by Gasteiger charge is -2.32. The van der Waals surface area contributed by atoms with Crippen LogP contribution in [0.5, 0.6) is 0 Å². The number of halogens is 3. The number of alkyl halides is 3. The normalized spacial score (nSPS) is 24.2. The molecule has 0 saturated heterocycles. The van der Waals surface area contributed by atoms with Crippen LogP contribution in [0.3, 0.4) is 0 Å². The molecule has 0 aliphatic heterocycles. The second-order valence-electron chi connectivity index (χ2n) is 4.96. The number of hydrogen-bond acceptors (Lipinski definition) is 3. The summed E-state index contributed by atoms with van der Waals surface area (Å²) in [7, 11) is 0. The van der Waals surface area contributed by atoms with E-state index in [1.807, 2.05) is 0 Å². The average Bonchev–Trinajstić information content (AvgIpc) is 2.39. The molecule has 3 N–H and O–H groups in total. The summed E-state index contributed by atoms with van der Waals surface area (Å²) >= 11 is 0. The van der Waals surface area contributed by atoms with Gasteiger partial charge in [0, 0.05) is 17.9 Å². The zero-order chi connectivity index (χ0) is 13.9. The van der Waals surface area contributed by atoms with Gasteiger partial charge in [-0.1, -0.05) is 12.8 Å². The molecular weight excluding hydrogens is 255 g/mol. The first-order valence-electron chi connectivity index (χ1n) is 6.50. The molecule has 3 nitrogen and oxygen atoms in total. The van der Waals surface area contributed by atoms with Crippen molar-refractivity contribution in [3.8, 4) is 0 Å². The van der Waals surface area contributed by atoms with Crippen molar-refractivity contribution in [3.63, 3.8) is 0 Å². The van der Waals surface area contributed by atoms with E-state index >= 15 is 0 Å². The van der Waals surface area contributed by atoms with Crippen LogP contribution in [0.1, 0.15) is 31.4 Å². The molecule has 1 heterocycles. The van der Waals surface area contributed by atoms with E-state index < -0.39 is 11.9 Å². The molecule has 2 rings (SSSR count). The van der Waals surface area contributed by atoms with Crippen molar-refractivity contribution in [2.24, 2.45) is 11.7 Å². The van der Waals surface area contributed by atoms with Crippen molar-refractivity contribution in [2.75, 3.05) is 11.9 Å². The molecule has 1 fully saturated rings. The SMILES string of the molecule is NCC1CCCCC1Nc1ccnc(C(F)(F)F)c1. The fourth-order valence-electron chi connectivity index (χ4n) is 2.57. The number of nitrogens with one attached hydrogen (secondary N) is 1. The summed E-state index contributed by atoms with van der Waals surface area (Å²) in [5.74, 6) is 0.330. The highest BCUT2D eigenvalue weighted by molar-refractivity contribution is 5.45. The number of nitrogens with two attached hydrogens (primary N) is 1. The summed E-state index contributed by atoms with van der Waals surface area (Å²) in [5, 5.41) is 3.17. The van der Waals surface area contributed by atoms with Crippen LogP contribution >= 0.6 is 0 Å². The highest BCUT2D eigenvalue weighted by Crippen LogP contribution is 2.30. The lowest BCUT2D eigenvalue weighted by molar-refractivity contribution is -0.141. The Balaban J connectivity index is 2.10. The van der Waals surface area contributed by atoms with Gasteiger partial charge in [0.1, 0.15) is 5.69 Å². The third-order valence-corrected chi connectivity index (χ3v) is 3.61. The molecule has 0 spiro atoms. The molecule has 0 radical (unpaired) electrons. The predicted octanol–water partition coefficient (Wildman–Crippen LogP) is 3.03. The molecule has 1 aliphatic rings. The van der Waals surface area contributed by atoms with Crippen molar-refractivity contribution >= 4 is 5.69 Å². The molecule has 2 atom stereocenters. The summed E-state index contributed by atoms with van der Waals surface area (Å²) in [4.78, 5) is 3.35. The second-order valence-corrected chi connectivity index (χ2v) is 4.96. The van der Waals surface area contributed by atoms with Gasteiger partial charge in [-0.05, 0) is 37.4 Å². The Labute approximate surface area is 110 Å². The highest BCUT2D eigenvalue weighted by atomic mass is 19.4. The Bertz CT molecular complexity index is 420. The largest absolute Gasteiger partial charge is 0.433 e. The van der Waals surface area contributed by atoms with Crippen molar-refractivity contribution < 1.29 is 13.2 Å². The first-order chi connectivity index (χ1) is 9.00. The van der Waals surface area contributed by atoms with E-state index in [0.29, 0.717) is 18.2 Å². The number of rotatable bonds is 3. The average molecular weight is 273 g/mol. The minimum absolute atomic E-state index is 0.155. The lowest BCUT2D eigenvalue weighted by atomic mass is 9.84. The van der Waals surface area contributed by atoms with Crippen LogP contribution in [0.25, 0.3) is 0 Å². The number of anilines is 1. The van der Waals surface area contributed by atoms with Gasteiger partial charge in [0.25, 0.3) is 0 Å². The summed E-state index contributed by atoms with van der Waals surface area (Å²) in [5.41, 5.74) is 5.32. The van der Waals surface area contributed by atoms with E-state index in [4.69, 9.17) is 5.73 Å². The first-order valence-corrected chi connectivity index (χ1v) is 6.50. The summed E-state index contributed by atoms with van der Waals surface area (Å²) in [6, 6.07) is 2.78. The first kappa shape index (κ1) is 14.1. The van der Waals surface area contributed by atoms with E-state index in [2.05, 4.69) is 10.3 Å². The molecule has 0 bridgehead atoms. The highest BCUT2D eigenvalue weighted by Gasteiger charge is 2.33. The van der Waals surface area contributed by atoms with Crippen molar-refractivity contribution in [3.05, 3.63) is 24.0 Å². The molecule has 2 unspecified atom stereocenters. The van der Waals surface area contributed by atoms with Crippen molar-refractivity contribution in [1.29, 1.82) is 0 Å². The summed E-state index contributed by atoms with van der Waals surface area (Å²) < 4.78 is 37.7. The maximum Gasteiger partial charge on any atom is 0.433 e. The van der Waals surface area contributed by atoms with E-state index in [1.165, 1.54) is 6.20 Å². The number of hydrogen-bond donors (Lipinski definition) is 2. The molecule has 106 valence electrons. The predicted molar refractivity (Wildman–Crippen MR) is 67.7 cm³/mol. The Hall–Kier alpha value is -1.30. The van der Waals surface area contributed by atoms with E-state index in [0.717, 1.165) is 31.7 Å². The fourth-order valence-corrected chi connectivity index (χ4v) is 2.57. The van der Waals surface area contributed by atoms with Crippen LogP contribution in [0.2, 0.25) is 0 Å². The zero-order valence-corrected chi connectivity index (χ0v) is 10.6. The van der Waals surface area contributed by atoms with E-state index in [-0.39, 0.29) is 6.04 Å². The van der Waals surface area contributed by atoms with Crippen LogP contribution in [0.4, 0.5) is 18.9 Å². The van der Waals surface area contributed by atoms with Crippen molar-refractivity contribution in [2.45, 2.75) is 37.9 Å². The molecule has 0 amide bonds. The molecule has 1 saturated carbocycles. The van der Waals surface area contributed by atoms with Crippen LogP contribution in [-0.2, 0) is 6.18 Å². The Morgan fingerprint density at radius 2 is 2.05 bits per heavy atom. The maximum atomic E-state index is 12.6. The maximum absolute atomic E-state index is 12.6. The van der Waals surface area contributed by atoms with Gasteiger partial charge in [-0.15, -0.1) is 0 Å². The Morgan fingerprint density at radius 3 is 2.74 bits per heavy atom. The van der Waals surface area contributed by atoms with Crippen LogP contribution in [-0.4, -0.2) is 17.6 Å². The van der Waals surface area contributed by atoms with Gasteiger partial charge < -0.3 is 11.1 Å². The number of pyridine rings is 1. The van der Waals surface area contributed by atoms with Crippen LogP contribution in [0, 0.1) is 5.92 Å². The van der Waals surface area contributed by atoms with E-state index in [1.54, 1.807) is 6.07 Å². The lowest BCUT2D eigenvalue weighted by Crippen LogP contribution is -2.36. The smallest absolute Gasteiger partial charge is 0.382 e. The van der Waals surface area contributed by atoms with E-state index in [9.17, 15) is 13.2 Å². The summed E-state index contributed by atoms with van der Waals surface area (Å²) in [6.45, 7) is 0.564. The molecule has 19 heavy (non-hydrogen) atoms. The van der Waals surface area contributed by atoms with Gasteiger partial charge in [-0.25, -0.2) is 0 Å². The third kappa shape index (κ3) is 3.59. The minimum Gasteiger partial charge on any atom is -0.382 e. The summed E-state index contributed by atoms with van der Waals surface area (Å²) in [6.07, 6.45) is 0.995. The minimum atomic E-state index is -4.41. The Morgan fingerprint density at radius 1 is 1.32 bits per heavy atom.